The van der Waals surface area contributed by atoms with E-state index in [0.29, 0.717) is 17.8 Å². The first kappa shape index (κ1) is 20.8. The largest absolute Gasteiger partial charge is 0.408 e. The third kappa shape index (κ3) is 4.10. The van der Waals surface area contributed by atoms with E-state index >= 15 is 0 Å². The number of aromatic amines is 1. The van der Waals surface area contributed by atoms with Gasteiger partial charge in [0.25, 0.3) is 11.2 Å². The van der Waals surface area contributed by atoms with Gasteiger partial charge in [0.1, 0.15) is 6.04 Å². The SMILES string of the molecule is [C-]#[N+]c1c(N2CCN([C@@H](c3cccnc3CC)C(F)(F)F)C[C@H]2C)cn[nH]c1=O. The van der Waals surface area contributed by atoms with Crippen LogP contribution >= 0.6 is 0 Å². The molecule has 0 unspecified atom stereocenters. The van der Waals surface area contributed by atoms with E-state index in [4.69, 9.17) is 6.57 Å². The third-order valence-corrected chi connectivity index (χ3v) is 5.12. The predicted octanol–water partition coefficient (Wildman–Crippen LogP) is 3.09. The molecule has 10 heteroatoms. The van der Waals surface area contributed by atoms with Gasteiger partial charge in [0.05, 0.1) is 18.5 Å². The van der Waals surface area contributed by atoms with Crippen LogP contribution in [0.15, 0.2) is 29.3 Å². The summed E-state index contributed by atoms with van der Waals surface area (Å²) in [6.45, 7) is 11.3. The molecular weight excluding hydrogens is 385 g/mol. The number of pyridine rings is 1. The van der Waals surface area contributed by atoms with Crippen molar-refractivity contribution in [2.45, 2.75) is 38.5 Å². The normalized spacial score (nSPS) is 19.0. The van der Waals surface area contributed by atoms with Gasteiger partial charge in [-0.3, -0.25) is 19.8 Å². The number of rotatable bonds is 4. The summed E-state index contributed by atoms with van der Waals surface area (Å²) in [6.07, 6.45) is -1.17. The first-order chi connectivity index (χ1) is 13.8. The number of aromatic nitrogens is 3. The maximum Gasteiger partial charge on any atom is 0.408 e. The molecule has 0 amide bonds. The summed E-state index contributed by atoms with van der Waals surface area (Å²) in [5.74, 6) is 0. The van der Waals surface area contributed by atoms with Crippen molar-refractivity contribution in [2.75, 3.05) is 24.5 Å². The lowest BCUT2D eigenvalue weighted by atomic mass is 9.99. The smallest absolute Gasteiger partial charge is 0.374 e. The van der Waals surface area contributed by atoms with E-state index in [0.717, 1.165) is 0 Å². The molecule has 1 aliphatic heterocycles. The zero-order chi connectivity index (χ0) is 21.2. The predicted molar refractivity (Wildman–Crippen MR) is 102 cm³/mol. The van der Waals surface area contributed by atoms with Gasteiger partial charge in [0, 0.05) is 37.6 Å². The van der Waals surface area contributed by atoms with E-state index in [9.17, 15) is 18.0 Å². The first-order valence-electron chi connectivity index (χ1n) is 9.24. The third-order valence-electron chi connectivity index (χ3n) is 5.12. The summed E-state index contributed by atoms with van der Waals surface area (Å²) >= 11 is 0. The molecule has 0 spiro atoms. The zero-order valence-corrected chi connectivity index (χ0v) is 16.1. The number of nitrogens with zero attached hydrogens (tertiary/aromatic N) is 5. The molecular formula is C19H21F3N6O. The molecule has 1 fully saturated rings. The zero-order valence-electron chi connectivity index (χ0n) is 16.1. The molecule has 0 saturated carbocycles. The number of aryl methyl sites for hydroxylation is 1. The highest BCUT2D eigenvalue weighted by molar-refractivity contribution is 5.69. The van der Waals surface area contributed by atoms with E-state index in [1.807, 2.05) is 0 Å². The van der Waals surface area contributed by atoms with Crippen LogP contribution in [0.5, 0.6) is 0 Å². The molecule has 0 aromatic carbocycles. The lowest BCUT2D eigenvalue weighted by Crippen LogP contribution is -2.55. The molecule has 3 rings (SSSR count). The second-order valence-corrected chi connectivity index (χ2v) is 6.92. The Kier molecular flexibility index (Phi) is 5.88. The van der Waals surface area contributed by atoms with Crippen LogP contribution in [0.2, 0.25) is 0 Å². The van der Waals surface area contributed by atoms with Crippen molar-refractivity contribution >= 4 is 11.4 Å². The molecule has 0 aliphatic carbocycles. The number of piperazine rings is 1. The van der Waals surface area contributed by atoms with E-state index in [1.54, 1.807) is 18.7 Å². The number of H-pyrrole nitrogens is 1. The molecule has 3 heterocycles. The van der Waals surface area contributed by atoms with Crippen LogP contribution in [-0.2, 0) is 6.42 Å². The summed E-state index contributed by atoms with van der Waals surface area (Å²) in [4.78, 5) is 22.4. The van der Waals surface area contributed by atoms with E-state index in [2.05, 4.69) is 20.0 Å². The molecule has 0 radical (unpaired) electrons. The highest BCUT2D eigenvalue weighted by Crippen LogP contribution is 2.40. The second kappa shape index (κ2) is 8.21. The molecule has 7 nitrogen and oxygen atoms in total. The fourth-order valence-corrected chi connectivity index (χ4v) is 3.85. The summed E-state index contributed by atoms with van der Waals surface area (Å²) < 4.78 is 42.1. The van der Waals surface area contributed by atoms with Crippen molar-refractivity contribution in [3.05, 3.63) is 57.6 Å². The summed E-state index contributed by atoms with van der Waals surface area (Å²) in [7, 11) is 0. The molecule has 1 saturated heterocycles. The van der Waals surface area contributed by atoms with Crippen LogP contribution in [0, 0.1) is 6.57 Å². The van der Waals surface area contributed by atoms with E-state index in [-0.39, 0.29) is 36.9 Å². The van der Waals surface area contributed by atoms with Crippen molar-refractivity contribution in [3.63, 3.8) is 0 Å². The Balaban J connectivity index is 1.92. The topological polar surface area (TPSA) is 69.5 Å². The minimum atomic E-state index is -4.46. The fraction of sp³-hybridized carbons (Fsp3) is 0.474. The standard InChI is InChI=1S/C19H21F3N6O/c1-4-14-13(6-5-7-24-14)17(19(20,21)22)27-8-9-28(12(2)11-27)15-10-25-26-18(29)16(15)23-3/h5-7,10,12,17H,4,8-9,11H2,1-2H3,(H,26,29)/t12-,17+/m1/s1. The highest BCUT2D eigenvalue weighted by Gasteiger charge is 2.47. The van der Waals surface area contributed by atoms with Gasteiger partial charge in [-0.25, -0.2) is 4.85 Å². The van der Waals surface area contributed by atoms with Crippen LogP contribution in [0.3, 0.4) is 0 Å². The Morgan fingerprint density at radius 3 is 2.79 bits per heavy atom. The maximum absolute atomic E-state index is 14.0. The molecule has 1 aliphatic rings. The highest BCUT2D eigenvalue weighted by atomic mass is 19.4. The number of alkyl halides is 3. The molecule has 29 heavy (non-hydrogen) atoms. The average molecular weight is 406 g/mol. The van der Waals surface area contributed by atoms with Crippen LogP contribution in [0.1, 0.15) is 31.1 Å². The van der Waals surface area contributed by atoms with Gasteiger partial charge in [0.2, 0.25) is 0 Å². The Bertz CT molecular complexity index is 967. The molecule has 154 valence electrons. The fourth-order valence-electron chi connectivity index (χ4n) is 3.85. The molecule has 2 aromatic rings. The minimum absolute atomic E-state index is 0.104. The van der Waals surface area contributed by atoms with Crippen molar-refractivity contribution < 1.29 is 13.2 Å². The number of anilines is 1. The van der Waals surface area contributed by atoms with Gasteiger partial charge in [-0.05, 0) is 25.0 Å². The lowest BCUT2D eigenvalue weighted by molar-refractivity contribution is -0.188. The molecule has 2 atom stereocenters. The molecule has 0 bridgehead atoms. The monoisotopic (exact) mass is 406 g/mol. The summed E-state index contributed by atoms with van der Waals surface area (Å²) in [6, 6.07) is 0.906. The quantitative estimate of drug-likeness (QED) is 0.791. The molecule has 2 aromatic heterocycles. The van der Waals surface area contributed by atoms with Crippen LogP contribution < -0.4 is 10.5 Å². The maximum atomic E-state index is 14.0. The van der Waals surface area contributed by atoms with Crippen LogP contribution in [-0.4, -0.2) is 51.9 Å². The van der Waals surface area contributed by atoms with Gasteiger partial charge in [0.15, 0.2) is 0 Å². The van der Waals surface area contributed by atoms with Gasteiger partial charge in [-0.15, -0.1) is 0 Å². The average Bonchev–Trinajstić information content (AvgIpc) is 2.67. The van der Waals surface area contributed by atoms with Crippen molar-refractivity contribution in [2.24, 2.45) is 0 Å². The Morgan fingerprint density at radius 1 is 1.41 bits per heavy atom. The first-order valence-corrected chi connectivity index (χ1v) is 9.24. The number of hydrogen-bond acceptors (Lipinski definition) is 5. The van der Waals surface area contributed by atoms with E-state index < -0.39 is 17.8 Å². The second-order valence-electron chi connectivity index (χ2n) is 6.92. The Morgan fingerprint density at radius 2 is 2.17 bits per heavy atom. The van der Waals surface area contributed by atoms with Crippen molar-refractivity contribution in [1.29, 1.82) is 0 Å². The molecule has 1 N–H and O–H groups in total. The van der Waals surface area contributed by atoms with E-state index in [1.165, 1.54) is 29.4 Å². The van der Waals surface area contributed by atoms with Gasteiger partial charge >= 0.3 is 6.18 Å². The van der Waals surface area contributed by atoms with Gasteiger partial charge in [-0.1, -0.05) is 13.0 Å². The number of nitrogens with one attached hydrogen (secondary N) is 1. The van der Waals surface area contributed by atoms with Crippen LogP contribution in [0.25, 0.3) is 4.85 Å². The number of hydrogen-bond donors (Lipinski definition) is 1. The van der Waals surface area contributed by atoms with Gasteiger partial charge in [-0.2, -0.15) is 18.3 Å². The van der Waals surface area contributed by atoms with Gasteiger partial charge < -0.3 is 4.90 Å². The van der Waals surface area contributed by atoms with Crippen molar-refractivity contribution in [1.82, 2.24) is 20.1 Å². The van der Waals surface area contributed by atoms with Crippen molar-refractivity contribution in [3.8, 4) is 0 Å². The van der Waals surface area contributed by atoms with Crippen LogP contribution in [0.4, 0.5) is 24.5 Å². The Labute approximate surface area is 166 Å². The minimum Gasteiger partial charge on any atom is -0.374 e. The lowest BCUT2D eigenvalue weighted by Gasteiger charge is -2.45. The Hall–Kier alpha value is -2.93. The number of halogens is 3. The summed E-state index contributed by atoms with van der Waals surface area (Å²) in [5.41, 5.74) is 0.230. The summed E-state index contributed by atoms with van der Waals surface area (Å²) in [5, 5.41) is 5.96.